The summed E-state index contributed by atoms with van der Waals surface area (Å²) in [7, 11) is 2.05. The number of likely N-dealkylation sites (N-methyl/N-ethyl adjacent to an activating group) is 1. The van der Waals surface area contributed by atoms with Gasteiger partial charge in [0.2, 0.25) is 0 Å². The Bertz CT molecular complexity index is 375. The number of aryl methyl sites for hydroxylation is 1. The van der Waals surface area contributed by atoms with Crippen molar-refractivity contribution in [2.75, 3.05) is 20.2 Å². The number of rotatable bonds is 8. The van der Waals surface area contributed by atoms with Crippen LogP contribution in [0.25, 0.3) is 0 Å². The van der Waals surface area contributed by atoms with Crippen LogP contribution in [0.4, 0.5) is 0 Å². The van der Waals surface area contributed by atoms with E-state index in [4.69, 9.17) is 4.74 Å². The Morgan fingerprint density at radius 2 is 1.75 bits per heavy atom. The lowest BCUT2D eigenvalue weighted by Gasteiger charge is -2.27. The summed E-state index contributed by atoms with van der Waals surface area (Å²) in [4.78, 5) is 2.19. The quantitative estimate of drug-likeness (QED) is 0.794. The molecule has 0 fully saturated rings. The predicted octanol–water partition coefficient (Wildman–Crippen LogP) is 2.64. The number of ether oxygens (including phenoxy) is 1. The Morgan fingerprint density at radius 3 is 2.30 bits per heavy atom. The first kappa shape index (κ1) is 17.2. The first-order chi connectivity index (χ1) is 9.38. The maximum atomic E-state index is 9.95. The molecule has 0 radical (unpaired) electrons. The van der Waals surface area contributed by atoms with Crippen molar-refractivity contribution in [2.45, 2.75) is 52.4 Å². The molecule has 2 unspecified atom stereocenters. The van der Waals surface area contributed by atoms with Gasteiger partial charge in [-0.25, -0.2) is 0 Å². The largest absolute Gasteiger partial charge is 0.389 e. The fourth-order valence-corrected chi connectivity index (χ4v) is 2.09. The lowest BCUT2D eigenvalue weighted by Crippen LogP contribution is -2.39. The van der Waals surface area contributed by atoms with E-state index in [1.807, 2.05) is 13.8 Å². The van der Waals surface area contributed by atoms with E-state index in [0.29, 0.717) is 19.2 Å². The SMILES string of the molecule is Cc1ccc(CC(C)N(C)CC(O)COC(C)C)cc1. The molecule has 20 heavy (non-hydrogen) atoms. The third kappa shape index (κ3) is 6.51. The number of hydrogen-bond acceptors (Lipinski definition) is 3. The van der Waals surface area contributed by atoms with Crippen LogP contribution in [-0.4, -0.2) is 48.5 Å². The number of aliphatic hydroxyl groups is 1. The molecule has 0 amide bonds. The molecule has 0 spiro atoms. The van der Waals surface area contributed by atoms with Gasteiger partial charge in [-0.05, 0) is 46.7 Å². The third-order valence-corrected chi connectivity index (χ3v) is 3.52. The highest BCUT2D eigenvalue weighted by Crippen LogP contribution is 2.09. The van der Waals surface area contributed by atoms with Crippen LogP contribution in [0, 0.1) is 6.92 Å². The third-order valence-electron chi connectivity index (χ3n) is 3.52. The molecular weight excluding hydrogens is 250 g/mol. The first-order valence-corrected chi connectivity index (χ1v) is 7.44. The van der Waals surface area contributed by atoms with Gasteiger partial charge in [-0.1, -0.05) is 29.8 Å². The fraction of sp³-hybridized carbons (Fsp3) is 0.647. The zero-order valence-electron chi connectivity index (χ0n) is 13.5. The van der Waals surface area contributed by atoms with E-state index >= 15 is 0 Å². The summed E-state index contributed by atoms with van der Waals surface area (Å²) in [6.07, 6.45) is 0.733. The monoisotopic (exact) mass is 279 g/mol. The molecule has 2 atom stereocenters. The van der Waals surface area contributed by atoms with E-state index in [-0.39, 0.29) is 6.10 Å². The van der Waals surface area contributed by atoms with E-state index in [2.05, 4.69) is 50.1 Å². The minimum Gasteiger partial charge on any atom is -0.389 e. The van der Waals surface area contributed by atoms with E-state index in [9.17, 15) is 5.11 Å². The van der Waals surface area contributed by atoms with E-state index in [1.165, 1.54) is 11.1 Å². The second-order valence-electron chi connectivity index (χ2n) is 6.01. The summed E-state index contributed by atoms with van der Waals surface area (Å²) in [5.74, 6) is 0. The van der Waals surface area contributed by atoms with Crippen molar-refractivity contribution in [1.29, 1.82) is 0 Å². The zero-order chi connectivity index (χ0) is 15.1. The Labute approximate surface area is 123 Å². The summed E-state index contributed by atoms with van der Waals surface area (Å²) >= 11 is 0. The van der Waals surface area contributed by atoms with Gasteiger partial charge in [-0.2, -0.15) is 0 Å². The summed E-state index contributed by atoms with van der Waals surface area (Å²) in [5.41, 5.74) is 2.62. The van der Waals surface area contributed by atoms with E-state index in [1.54, 1.807) is 0 Å². The van der Waals surface area contributed by atoms with Crippen LogP contribution in [-0.2, 0) is 11.2 Å². The molecule has 0 saturated heterocycles. The highest BCUT2D eigenvalue weighted by atomic mass is 16.5. The van der Waals surface area contributed by atoms with Crippen molar-refractivity contribution in [3.63, 3.8) is 0 Å². The topological polar surface area (TPSA) is 32.7 Å². The maximum Gasteiger partial charge on any atom is 0.0900 e. The van der Waals surface area contributed by atoms with Crippen molar-refractivity contribution in [3.05, 3.63) is 35.4 Å². The Balaban J connectivity index is 2.38. The van der Waals surface area contributed by atoms with Crippen molar-refractivity contribution in [2.24, 2.45) is 0 Å². The van der Waals surface area contributed by atoms with Gasteiger partial charge in [0.15, 0.2) is 0 Å². The van der Waals surface area contributed by atoms with E-state index < -0.39 is 6.10 Å². The number of benzene rings is 1. The molecule has 114 valence electrons. The smallest absolute Gasteiger partial charge is 0.0900 e. The van der Waals surface area contributed by atoms with Crippen LogP contribution >= 0.6 is 0 Å². The van der Waals surface area contributed by atoms with Crippen LogP contribution in [0.15, 0.2) is 24.3 Å². The van der Waals surface area contributed by atoms with Gasteiger partial charge in [-0.3, -0.25) is 0 Å². The Hall–Kier alpha value is -0.900. The molecule has 3 heteroatoms. The fourth-order valence-electron chi connectivity index (χ4n) is 2.09. The molecule has 0 aliphatic rings. The molecule has 0 aromatic heterocycles. The van der Waals surface area contributed by atoms with Gasteiger partial charge < -0.3 is 14.7 Å². The lowest BCUT2D eigenvalue weighted by atomic mass is 10.0. The van der Waals surface area contributed by atoms with Crippen LogP contribution in [0.3, 0.4) is 0 Å². The van der Waals surface area contributed by atoms with Crippen LogP contribution in [0.2, 0.25) is 0 Å². The molecule has 1 aromatic carbocycles. The molecule has 3 nitrogen and oxygen atoms in total. The lowest BCUT2D eigenvalue weighted by molar-refractivity contribution is -0.00932. The number of aliphatic hydroxyl groups excluding tert-OH is 1. The van der Waals surface area contributed by atoms with Gasteiger partial charge in [0.25, 0.3) is 0 Å². The summed E-state index contributed by atoms with van der Waals surface area (Å²) < 4.78 is 5.44. The minimum absolute atomic E-state index is 0.167. The van der Waals surface area contributed by atoms with Crippen molar-refractivity contribution in [3.8, 4) is 0 Å². The average molecular weight is 279 g/mol. The molecule has 1 aromatic rings. The average Bonchev–Trinajstić information content (AvgIpc) is 2.39. The molecule has 1 N–H and O–H groups in total. The standard InChI is InChI=1S/C17H29NO2/c1-13(2)20-12-17(19)11-18(5)15(4)10-16-8-6-14(3)7-9-16/h6-9,13,15,17,19H,10-12H2,1-5H3. The maximum absolute atomic E-state index is 9.95. The second-order valence-corrected chi connectivity index (χ2v) is 6.01. The van der Waals surface area contributed by atoms with Crippen LogP contribution in [0.1, 0.15) is 31.9 Å². The zero-order valence-corrected chi connectivity index (χ0v) is 13.5. The normalized spacial score (nSPS) is 14.8. The van der Waals surface area contributed by atoms with Gasteiger partial charge >= 0.3 is 0 Å². The van der Waals surface area contributed by atoms with Gasteiger partial charge in [0, 0.05) is 12.6 Å². The summed E-state index contributed by atoms with van der Waals surface area (Å²) in [6, 6.07) is 9.04. The molecular formula is C17H29NO2. The Morgan fingerprint density at radius 1 is 1.15 bits per heavy atom. The summed E-state index contributed by atoms with van der Waals surface area (Å²) in [6.45, 7) is 9.30. The highest BCUT2D eigenvalue weighted by molar-refractivity contribution is 5.21. The first-order valence-electron chi connectivity index (χ1n) is 7.44. The van der Waals surface area contributed by atoms with Gasteiger partial charge in [0.1, 0.15) is 0 Å². The van der Waals surface area contributed by atoms with Crippen molar-refractivity contribution < 1.29 is 9.84 Å². The van der Waals surface area contributed by atoms with Gasteiger partial charge in [0.05, 0.1) is 18.8 Å². The second kappa shape index (κ2) is 8.40. The number of hydrogen-bond donors (Lipinski definition) is 1. The number of nitrogens with zero attached hydrogens (tertiary/aromatic N) is 1. The van der Waals surface area contributed by atoms with Crippen molar-refractivity contribution in [1.82, 2.24) is 4.90 Å². The summed E-state index contributed by atoms with van der Waals surface area (Å²) in [5, 5.41) is 9.95. The van der Waals surface area contributed by atoms with E-state index in [0.717, 1.165) is 6.42 Å². The van der Waals surface area contributed by atoms with Crippen LogP contribution in [0.5, 0.6) is 0 Å². The highest BCUT2D eigenvalue weighted by Gasteiger charge is 2.14. The molecule has 0 saturated carbocycles. The molecule has 0 aliphatic carbocycles. The minimum atomic E-state index is -0.428. The molecule has 0 aliphatic heterocycles. The van der Waals surface area contributed by atoms with Gasteiger partial charge in [-0.15, -0.1) is 0 Å². The molecule has 0 bridgehead atoms. The van der Waals surface area contributed by atoms with Crippen LogP contribution < -0.4 is 0 Å². The molecule has 1 rings (SSSR count). The predicted molar refractivity (Wildman–Crippen MR) is 84.1 cm³/mol. The van der Waals surface area contributed by atoms with Crippen molar-refractivity contribution >= 4 is 0 Å². The molecule has 0 heterocycles. The Kier molecular flexibility index (Phi) is 7.20.